The Morgan fingerprint density at radius 3 is 2.85 bits per heavy atom. The largest absolute Gasteiger partial charge is 0.321 e. The molecular formula is C14H12ClIN4. The molecule has 0 saturated carbocycles. The molecule has 3 aromatic rings. The second-order valence-corrected chi connectivity index (χ2v) is 5.99. The van der Waals surface area contributed by atoms with E-state index in [0.29, 0.717) is 12.4 Å². The van der Waals surface area contributed by atoms with Gasteiger partial charge < -0.3 is 4.57 Å². The molecule has 2 heterocycles. The van der Waals surface area contributed by atoms with Crippen molar-refractivity contribution in [2.24, 2.45) is 0 Å². The minimum absolute atomic E-state index is 0.384. The van der Waals surface area contributed by atoms with Crippen LogP contribution in [-0.4, -0.2) is 19.5 Å². The first-order valence-electron chi connectivity index (χ1n) is 6.16. The minimum Gasteiger partial charge on any atom is -0.321 e. The number of aromatic nitrogens is 4. The second kappa shape index (κ2) is 5.65. The maximum atomic E-state index is 6.02. The van der Waals surface area contributed by atoms with E-state index in [1.54, 1.807) is 6.20 Å². The third-order valence-electron chi connectivity index (χ3n) is 3.06. The van der Waals surface area contributed by atoms with E-state index in [4.69, 9.17) is 11.6 Å². The van der Waals surface area contributed by atoms with Gasteiger partial charge in [-0.25, -0.2) is 15.0 Å². The Hall–Kier alpha value is -1.21. The fraction of sp³-hybridized carbons (Fsp3) is 0.214. The summed E-state index contributed by atoms with van der Waals surface area (Å²) in [5, 5.41) is 0. The summed E-state index contributed by atoms with van der Waals surface area (Å²) in [5.41, 5.74) is 3.01. The summed E-state index contributed by atoms with van der Waals surface area (Å²) in [4.78, 5) is 13.2. The Labute approximate surface area is 135 Å². The predicted molar refractivity (Wildman–Crippen MR) is 87.9 cm³/mol. The quantitative estimate of drug-likeness (QED) is 0.501. The number of imidazole rings is 1. The average Bonchev–Trinajstić information content (AvgIpc) is 2.76. The van der Waals surface area contributed by atoms with E-state index in [0.717, 1.165) is 28.4 Å². The minimum atomic E-state index is 0.384. The summed E-state index contributed by atoms with van der Waals surface area (Å²) in [6.45, 7) is 2.54. The molecule has 0 bridgehead atoms. The molecule has 6 heteroatoms. The maximum absolute atomic E-state index is 6.02. The van der Waals surface area contributed by atoms with Crippen molar-refractivity contribution in [1.82, 2.24) is 19.5 Å². The van der Waals surface area contributed by atoms with Gasteiger partial charge in [-0.05, 0) is 53.8 Å². The lowest BCUT2D eigenvalue weighted by atomic mass is 10.3. The van der Waals surface area contributed by atoms with Gasteiger partial charge in [0.15, 0.2) is 0 Å². The van der Waals surface area contributed by atoms with Crippen molar-refractivity contribution < 1.29 is 0 Å². The summed E-state index contributed by atoms with van der Waals surface area (Å²) >= 11 is 8.31. The standard InChI is InChI=1S/C14H12ClIN4/c1-9-17-5-4-11(18-9)8-20-13-3-2-10(16)6-12(13)19-14(20)7-15/h2-6H,7-8H2,1H3. The highest BCUT2D eigenvalue weighted by Crippen LogP contribution is 2.21. The number of rotatable bonds is 3. The van der Waals surface area contributed by atoms with Crippen LogP contribution in [0.25, 0.3) is 11.0 Å². The van der Waals surface area contributed by atoms with E-state index in [9.17, 15) is 0 Å². The number of hydrogen-bond donors (Lipinski definition) is 0. The van der Waals surface area contributed by atoms with Gasteiger partial charge in [-0.3, -0.25) is 0 Å². The van der Waals surface area contributed by atoms with Gasteiger partial charge >= 0.3 is 0 Å². The Balaban J connectivity index is 2.10. The van der Waals surface area contributed by atoms with Gasteiger partial charge in [0, 0.05) is 9.77 Å². The Morgan fingerprint density at radius 2 is 2.10 bits per heavy atom. The van der Waals surface area contributed by atoms with Crippen molar-refractivity contribution in [3.8, 4) is 0 Å². The van der Waals surface area contributed by atoms with Crippen molar-refractivity contribution in [2.45, 2.75) is 19.3 Å². The van der Waals surface area contributed by atoms with Crippen molar-refractivity contribution >= 4 is 45.2 Å². The summed E-state index contributed by atoms with van der Waals surface area (Å²) in [7, 11) is 0. The Morgan fingerprint density at radius 1 is 1.25 bits per heavy atom. The molecule has 0 saturated heterocycles. The lowest BCUT2D eigenvalue weighted by Gasteiger charge is -2.07. The number of nitrogens with zero attached hydrogens (tertiary/aromatic N) is 4. The molecule has 0 fully saturated rings. The van der Waals surface area contributed by atoms with Crippen molar-refractivity contribution in [3.05, 3.63) is 51.4 Å². The third kappa shape index (κ3) is 2.64. The van der Waals surface area contributed by atoms with Crippen LogP contribution in [0.3, 0.4) is 0 Å². The normalized spacial score (nSPS) is 11.2. The monoisotopic (exact) mass is 398 g/mol. The third-order valence-corrected chi connectivity index (χ3v) is 3.97. The molecule has 0 aliphatic carbocycles. The van der Waals surface area contributed by atoms with Gasteiger partial charge in [0.05, 0.1) is 29.2 Å². The van der Waals surface area contributed by atoms with Gasteiger partial charge in [0.2, 0.25) is 0 Å². The molecule has 20 heavy (non-hydrogen) atoms. The molecule has 3 rings (SSSR count). The predicted octanol–water partition coefficient (Wildman–Crippen LogP) is 3.53. The average molecular weight is 399 g/mol. The molecule has 2 aromatic heterocycles. The number of hydrogen-bond acceptors (Lipinski definition) is 3. The smallest absolute Gasteiger partial charge is 0.125 e. The van der Waals surface area contributed by atoms with Gasteiger partial charge in [-0.2, -0.15) is 0 Å². The van der Waals surface area contributed by atoms with Crippen LogP contribution in [0.5, 0.6) is 0 Å². The second-order valence-electron chi connectivity index (χ2n) is 4.48. The zero-order valence-corrected chi connectivity index (χ0v) is 13.8. The SMILES string of the molecule is Cc1nccc(Cn2c(CCl)nc3cc(I)ccc32)n1. The van der Waals surface area contributed by atoms with Crippen LogP contribution in [0.1, 0.15) is 17.3 Å². The molecule has 0 radical (unpaired) electrons. The summed E-state index contributed by atoms with van der Waals surface area (Å²) in [5.74, 6) is 2.02. The molecule has 0 spiro atoms. The topological polar surface area (TPSA) is 43.6 Å². The number of halogens is 2. The molecule has 4 nitrogen and oxygen atoms in total. The van der Waals surface area contributed by atoms with E-state index in [-0.39, 0.29) is 0 Å². The van der Waals surface area contributed by atoms with E-state index < -0.39 is 0 Å². The highest BCUT2D eigenvalue weighted by atomic mass is 127. The lowest BCUT2D eigenvalue weighted by molar-refractivity contribution is 0.749. The van der Waals surface area contributed by atoms with Crippen LogP contribution >= 0.6 is 34.2 Å². The molecule has 0 aliphatic rings. The van der Waals surface area contributed by atoms with Crippen LogP contribution in [0.4, 0.5) is 0 Å². The van der Waals surface area contributed by atoms with E-state index >= 15 is 0 Å². The van der Waals surface area contributed by atoms with Crippen molar-refractivity contribution in [2.75, 3.05) is 0 Å². The van der Waals surface area contributed by atoms with Crippen LogP contribution in [-0.2, 0) is 12.4 Å². The van der Waals surface area contributed by atoms with E-state index in [1.807, 2.05) is 13.0 Å². The van der Waals surface area contributed by atoms with Gasteiger partial charge in [0.1, 0.15) is 11.6 Å². The highest BCUT2D eigenvalue weighted by Gasteiger charge is 2.11. The number of fused-ring (bicyclic) bond motifs is 1. The molecule has 0 aliphatic heterocycles. The highest BCUT2D eigenvalue weighted by molar-refractivity contribution is 14.1. The first-order chi connectivity index (χ1) is 9.67. The van der Waals surface area contributed by atoms with Gasteiger partial charge in [-0.1, -0.05) is 0 Å². The number of benzene rings is 1. The zero-order chi connectivity index (χ0) is 14.1. The summed E-state index contributed by atoms with van der Waals surface area (Å²) < 4.78 is 3.28. The summed E-state index contributed by atoms with van der Waals surface area (Å²) in [6.07, 6.45) is 1.78. The van der Waals surface area contributed by atoms with Gasteiger partial charge in [0.25, 0.3) is 0 Å². The molecule has 0 N–H and O–H groups in total. The van der Waals surface area contributed by atoms with Crippen molar-refractivity contribution in [1.29, 1.82) is 0 Å². The zero-order valence-electron chi connectivity index (χ0n) is 10.8. The van der Waals surface area contributed by atoms with Crippen LogP contribution in [0.15, 0.2) is 30.5 Å². The fourth-order valence-corrected chi connectivity index (χ4v) is 2.87. The Kier molecular flexibility index (Phi) is 3.89. The fourth-order valence-electron chi connectivity index (χ4n) is 2.19. The first-order valence-corrected chi connectivity index (χ1v) is 7.78. The van der Waals surface area contributed by atoms with Crippen LogP contribution in [0.2, 0.25) is 0 Å². The van der Waals surface area contributed by atoms with E-state index in [1.165, 1.54) is 3.57 Å². The molecule has 0 unspecified atom stereocenters. The number of alkyl halides is 1. The summed E-state index contributed by atoms with van der Waals surface area (Å²) in [6, 6.07) is 8.13. The molecule has 0 atom stereocenters. The number of aryl methyl sites for hydroxylation is 1. The molecule has 102 valence electrons. The lowest BCUT2D eigenvalue weighted by Crippen LogP contribution is -2.06. The molecule has 0 amide bonds. The van der Waals surface area contributed by atoms with Crippen molar-refractivity contribution in [3.63, 3.8) is 0 Å². The van der Waals surface area contributed by atoms with Crippen LogP contribution in [0, 0.1) is 10.5 Å². The molecular weight excluding hydrogens is 387 g/mol. The maximum Gasteiger partial charge on any atom is 0.125 e. The Bertz CT molecular complexity index is 769. The first kappa shape index (κ1) is 13.8. The molecule has 1 aromatic carbocycles. The van der Waals surface area contributed by atoms with Crippen LogP contribution < -0.4 is 0 Å². The van der Waals surface area contributed by atoms with E-state index in [2.05, 4.69) is 60.3 Å². The van der Waals surface area contributed by atoms with Gasteiger partial charge in [-0.15, -0.1) is 11.6 Å².